The van der Waals surface area contributed by atoms with E-state index in [0.717, 1.165) is 6.04 Å². The number of hydrogen-bond acceptors (Lipinski definition) is 0. The van der Waals surface area contributed by atoms with Gasteiger partial charge in [0.2, 0.25) is 0 Å². The number of nitrogens with two attached hydrogens (primary N) is 1. The van der Waals surface area contributed by atoms with E-state index in [9.17, 15) is 0 Å². The van der Waals surface area contributed by atoms with E-state index >= 15 is 0 Å². The molecule has 0 spiro atoms. The lowest BCUT2D eigenvalue weighted by Gasteiger charge is -2.05. The van der Waals surface area contributed by atoms with Crippen LogP contribution in [0.25, 0.3) is 0 Å². The Hall–Kier alpha value is -0.820. The van der Waals surface area contributed by atoms with Crippen LogP contribution in [-0.2, 0) is 6.42 Å². The van der Waals surface area contributed by atoms with Gasteiger partial charge in [0.25, 0.3) is 0 Å². The first-order valence-corrected chi connectivity index (χ1v) is 4.82. The molecule has 0 radical (unpaired) electrons. The van der Waals surface area contributed by atoms with Gasteiger partial charge in [-0.2, -0.15) is 0 Å². The lowest BCUT2D eigenvalue weighted by Crippen LogP contribution is -2.87. The average Bonchev–Trinajstić information content (AvgIpc) is 2.59. The second-order valence-corrected chi connectivity index (χ2v) is 3.62. The van der Waals surface area contributed by atoms with Gasteiger partial charge in [0, 0.05) is 19.3 Å². The summed E-state index contributed by atoms with van der Waals surface area (Å²) in [6.07, 6.45) is 4.05. The van der Waals surface area contributed by atoms with Crippen LogP contribution in [0.4, 0.5) is 0 Å². The smallest absolute Gasteiger partial charge is 0.0902 e. The predicted molar refractivity (Wildman–Crippen MR) is 50.0 cm³/mol. The zero-order chi connectivity index (χ0) is 8.23. The molecule has 0 amide bonds. The highest BCUT2D eigenvalue weighted by atomic mass is 14.9. The quantitative estimate of drug-likeness (QED) is 0.667. The first-order valence-electron chi connectivity index (χ1n) is 4.82. The Morgan fingerprint density at radius 1 is 1.25 bits per heavy atom. The van der Waals surface area contributed by atoms with Gasteiger partial charge >= 0.3 is 0 Å². The molecule has 1 heterocycles. The maximum Gasteiger partial charge on any atom is 0.0902 e. The Bertz CT molecular complexity index is 224. The molecule has 0 aromatic heterocycles. The van der Waals surface area contributed by atoms with E-state index in [1.807, 2.05) is 0 Å². The monoisotopic (exact) mass is 162 g/mol. The molecular weight excluding hydrogens is 146 g/mol. The second kappa shape index (κ2) is 3.72. The molecule has 0 bridgehead atoms. The van der Waals surface area contributed by atoms with Gasteiger partial charge in [-0.25, -0.2) is 0 Å². The van der Waals surface area contributed by atoms with Gasteiger partial charge in [0.05, 0.1) is 12.6 Å². The molecule has 12 heavy (non-hydrogen) atoms. The summed E-state index contributed by atoms with van der Waals surface area (Å²) in [6, 6.07) is 11.7. The largest absolute Gasteiger partial charge is 0.344 e. The molecule has 2 N–H and O–H groups in total. The molecule has 1 aliphatic rings. The maximum absolute atomic E-state index is 2.48. The van der Waals surface area contributed by atoms with Crippen LogP contribution in [0.15, 0.2) is 30.3 Å². The minimum absolute atomic E-state index is 0.854. The number of benzene rings is 1. The lowest BCUT2D eigenvalue weighted by atomic mass is 10.1. The highest BCUT2D eigenvalue weighted by Gasteiger charge is 2.17. The third-order valence-corrected chi connectivity index (χ3v) is 2.62. The normalized spacial score (nSPS) is 22.8. The number of hydrogen-bond donors (Lipinski definition) is 1. The van der Waals surface area contributed by atoms with Crippen LogP contribution >= 0.6 is 0 Å². The van der Waals surface area contributed by atoms with Crippen molar-refractivity contribution in [1.29, 1.82) is 0 Å². The molecule has 1 aromatic rings. The standard InChI is InChI=1S/C11H15N/c1-2-5-10(6-3-1)9-11-7-4-8-12-11/h1-3,5-6,11-12H,4,7-9H2/p+1. The van der Waals surface area contributed by atoms with Crippen LogP contribution < -0.4 is 5.32 Å². The summed E-state index contributed by atoms with van der Waals surface area (Å²) in [5.41, 5.74) is 1.49. The van der Waals surface area contributed by atoms with Gasteiger partial charge in [-0.15, -0.1) is 0 Å². The molecule has 1 nitrogen and oxygen atoms in total. The lowest BCUT2D eigenvalue weighted by molar-refractivity contribution is -0.669. The molecule has 1 unspecified atom stereocenters. The maximum atomic E-state index is 2.48. The van der Waals surface area contributed by atoms with Gasteiger partial charge < -0.3 is 5.32 Å². The van der Waals surface area contributed by atoms with Crippen molar-refractivity contribution in [2.75, 3.05) is 6.54 Å². The van der Waals surface area contributed by atoms with Crippen molar-refractivity contribution < 1.29 is 5.32 Å². The Morgan fingerprint density at radius 2 is 2.08 bits per heavy atom. The fraction of sp³-hybridized carbons (Fsp3) is 0.455. The van der Waals surface area contributed by atoms with E-state index in [0.29, 0.717) is 0 Å². The summed E-state index contributed by atoms with van der Waals surface area (Å²) < 4.78 is 0. The van der Waals surface area contributed by atoms with Crippen molar-refractivity contribution in [2.45, 2.75) is 25.3 Å². The summed E-state index contributed by atoms with van der Waals surface area (Å²) >= 11 is 0. The molecule has 0 saturated carbocycles. The minimum Gasteiger partial charge on any atom is -0.344 e. The highest BCUT2D eigenvalue weighted by Crippen LogP contribution is 2.06. The van der Waals surface area contributed by atoms with Crippen molar-refractivity contribution in [2.24, 2.45) is 0 Å². The van der Waals surface area contributed by atoms with Crippen molar-refractivity contribution >= 4 is 0 Å². The Morgan fingerprint density at radius 3 is 2.75 bits per heavy atom. The van der Waals surface area contributed by atoms with E-state index in [-0.39, 0.29) is 0 Å². The third kappa shape index (κ3) is 1.86. The Balaban J connectivity index is 1.94. The van der Waals surface area contributed by atoms with Crippen molar-refractivity contribution in [1.82, 2.24) is 0 Å². The zero-order valence-electron chi connectivity index (χ0n) is 7.37. The van der Waals surface area contributed by atoms with Crippen molar-refractivity contribution in [3.05, 3.63) is 35.9 Å². The molecule has 1 aromatic carbocycles. The van der Waals surface area contributed by atoms with E-state index in [4.69, 9.17) is 0 Å². The van der Waals surface area contributed by atoms with Gasteiger partial charge in [0.15, 0.2) is 0 Å². The molecule has 1 saturated heterocycles. The van der Waals surface area contributed by atoms with Crippen LogP contribution in [0.3, 0.4) is 0 Å². The first kappa shape index (κ1) is 7.81. The highest BCUT2D eigenvalue weighted by molar-refractivity contribution is 5.15. The van der Waals surface area contributed by atoms with Crippen molar-refractivity contribution in [3.63, 3.8) is 0 Å². The molecule has 1 fully saturated rings. The van der Waals surface area contributed by atoms with Crippen LogP contribution in [-0.4, -0.2) is 12.6 Å². The third-order valence-electron chi connectivity index (χ3n) is 2.62. The van der Waals surface area contributed by atoms with Crippen LogP contribution in [0, 0.1) is 0 Å². The Kier molecular flexibility index (Phi) is 2.42. The fourth-order valence-electron chi connectivity index (χ4n) is 1.95. The molecule has 0 aliphatic carbocycles. The zero-order valence-corrected chi connectivity index (χ0v) is 7.37. The summed E-state index contributed by atoms with van der Waals surface area (Å²) in [5.74, 6) is 0. The predicted octanol–water partition coefficient (Wildman–Crippen LogP) is 0.955. The van der Waals surface area contributed by atoms with Crippen LogP contribution in [0.1, 0.15) is 18.4 Å². The summed E-state index contributed by atoms with van der Waals surface area (Å²) in [7, 11) is 0. The molecule has 64 valence electrons. The summed E-state index contributed by atoms with van der Waals surface area (Å²) in [4.78, 5) is 0. The number of rotatable bonds is 2. The van der Waals surface area contributed by atoms with E-state index in [1.54, 1.807) is 0 Å². The fourth-order valence-corrected chi connectivity index (χ4v) is 1.95. The van der Waals surface area contributed by atoms with Crippen LogP contribution in [0.5, 0.6) is 0 Å². The van der Waals surface area contributed by atoms with E-state index < -0.39 is 0 Å². The minimum atomic E-state index is 0.854. The van der Waals surface area contributed by atoms with Crippen LogP contribution in [0.2, 0.25) is 0 Å². The van der Waals surface area contributed by atoms with Gasteiger partial charge in [-0.1, -0.05) is 30.3 Å². The van der Waals surface area contributed by atoms with Crippen molar-refractivity contribution in [3.8, 4) is 0 Å². The van der Waals surface area contributed by atoms with E-state index in [2.05, 4.69) is 35.6 Å². The molecule has 1 aliphatic heterocycles. The summed E-state index contributed by atoms with van der Waals surface area (Å²) in [5, 5.41) is 2.48. The molecule has 2 rings (SSSR count). The van der Waals surface area contributed by atoms with Gasteiger partial charge in [-0.05, 0) is 5.56 Å². The van der Waals surface area contributed by atoms with E-state index in [1.165, 1.54) is 31.4 Å². The average molecular weight is 162 g/mol. The molecular formula is C11H16N+. The SMILES string of the molecule is c1ccc(CC2CCC[NH2+]2)cc1. The second-order valence-electron chi connectivity index (χ2n) is 3.62. The molecule has 1 atom stereocenters. The first-order chi connectivity index (χ1) is 5.95. The van der Waals surface area contributed by atoms with Gasteiger partial charge in [-0.3, -0.25) is 0 Å². The number of quaternary nitrogens is 1. The summed E-state index contributed by atoms with van der Waals surface area (Å²) in [6.45, 7) is 1.33. The Labute approximate surface area is 73.8 Å². The molecule has 1 heteroatoms. The topological polar surface area (TPSA) is 16.6 Å². The van der Waals surface area contributed by atoms with Gasteiger partial charge in [0.1, 0.15) is 0 Å².